The summed E-state index contributed by atoms with van der Waals surface area (Å²) in [5.41, 5.74) is -0.222. The number of carbonyl (C=O) groups is 2. The molecule has 2 heterocycles. The Kier molecular flexibility index (Phi) is 7.31. The molecule has 0 bridgehead atoms. The molecular formula is C20H23N7O6S. The van der Waals surface area contributed by atoms with Gasteiger partial charge in [0.1, 0.15) is 10.6 Å². The smallest absolute Gasteiger partial charge is 0.356 e. The summed E-state index contributed by atoms with van der Waals surface area (Å²) in [4.78, 5) is 37.2. The van der Waals surface area contributed by atoms with Crippen molar-refractivity contribution in [1.82, 2.24) is 19.5 Å². The predicted octanol–water partition coefficient (Wildman–Crippen LogP) is 1.86. The molecule has 0 aliphatic heterocycles. The molecule has 0 saturated heterocycles. The SMILES string of the molecule is CCOc1nc(NC)nc(NC(=O)N(c2ccccc2)S(=O)(=O)c2ccn(C)c2C(=O)OC)n1. The molecule has 0 aliphatic carbocycles. The summed E-state index contributed by atoms with van der Waals surface area (Å²) in [6.07, 6.45) is 1.37. The number of para-hydroxylation sites is 1. The van der Waals surface area contributed by atoms with Gasteiger partial charge in [-0.2, -0.15) is 19.3 Å². The van der Waals surface area contributed by atoms with E-state index < -0.39 is 26.9 Å². The fourth-order valence-corrected chi connectivity index (χ4v) is 4.51. The van der Waals surface area contributed by atoms with Crippen molar-refractivity contribution < 1.29 is 27.5 Å². The van der Waals surface area contributed by atoms with Crippen LogP contribution in [0.15, 0.2) is 47.5 Å². The van der Waals surface area contributed by atoms with Crippen LogP contribution < -0.4 is 19.7 Å². The number of anilines is 3. The van der Waals surface area contributed by atoms with Gasteiger partial charge in [0.25, 0.3) is 10.0 Å². The normalized spacial score (nSPS) is 10.9. The number of hydrogen-bond acceptors (Lipinski definition) is 10. The van der Waals surface area contributed by atoms with Crippen LogP contribution in [0.3, 0.4) is 0 Å². The lowest BCUT2D eigenvalue weighted by Gasteiger charge is -2.22. The summed E-state index contributed by atoms with van der Waals surface area (Å²) in [7, 11) is -0.424. The minimum Gasteiger partial charge on any atom is -0.464 e. The fraction of sp³-hybridized carbons (Fsp3) is 0.250. The third kappa shape index (κ3) is 4.91. The van der Waals surface area contributed by atoms with Crippen molar-refractivity contribution in [2.75, 3.05) is 35.7 Å². The summed E-state index contributed by atoms with van der Waals surface area (Å²) in [5, 5.41) is 5.07. The third-order valence-corrected chi connectivity index (χ3v) is 6.18. The van der Waals surface area contributed by atoms with Gasteiger partial charge in [0.2, 0.25) is 11.9 Å². The number of rotatable bonds is 8. The molecule has 2 amide bonds. The number of carbonyl (C=O) groups excluding carboxylic acids is 2. The number of urea groups is 1. The molecule has 0 radical (unpaired) electrons. The second kappa shape index (κ2) is 10.2. The number of ether oxygens (including phenoxy) is 2. The van der Waals surface area contributed by atoms with Crippen LogP contribution in [0.1, 0.15) is 17.4 Å². The zero-order valence-electron chi connectivity index (χ0n) is 18.8. The van der Waals surface area contributed by atoms with Gasteiger partial charge >= 0.3 is 18.0 Å². The van der Waals surface area contributed by atoms with Gasteiger partial charge in [-0.05, 0) is 25.1 Å². The molecule has 14 heteroatoms. The molecule has 0 atom stereocenters. The van der Waals surface area contributed by atoms with Gasteiger partial charge in [-0.15, -0.1) is 0 Å². The highest BCUT2D eigenvalue weighted by atomic mass is 32.2. The largest absolute Gasteiger partial charge is 0.464 e. The second-order valence-electron chi connectivity index (χ2n) is 6.61. The van der Waals surface area contributed by atoms with E-state index in [2.05, 4.69) is 25.6 Å². The Morgan fingerprint density at radius 1 is 1.09 bits per heavy atom. The summed E-state index contributed by atoms with van der Waals surface area (Å²) in [6.45, 7) is 1.99. The summed E-state index contributed by atoms with van der Waals surface area (Å²) >= 11 is 0. The average molecular weight is 490 g/mol. The standard InChI is InChI=1S/C20H23N7O6S/c1-5-33-19-23-17(21-2)22-18(24-19)25-20(29)27(13-9-7-6-8-10-13)34(30,31)14-11-12-26(3)15(14)16(28)32-4/h6-12H,5H2,1-4H3,(H2,21,22,23,24,25,29). The maximum absolute atomic E-state index is 13.7. The fourth-order valence-electron chi connectivity index (χ4n) is 2.95. The Bertz CT molecular complexity index is 1290. The monoisotopic (exact) mass is 489 g/mol. The Hall–Kier alpha value is -4.20. The Morgan fingerprint density at radius 3 is 2.38 bits per heavy atom. The van der Waals surface area contributed by atoms with Gasteiger partial charge in [0.15, 0.2) is 0 Å². The van der Waals surface area contributed by atoms with Crippen LogP contribution in [0, 0.1) is 0 Å². The molecule has 34 heavy (non-hydrogen) atoms. The van der Waals surface area contributed by atoms with Gasteiger partial charge < -0.3 is 19.4 Å². The van der Waals surface area contributed by atoms with Crippen molar-refractivity contribution in [3.05, 3.63) is 48.3 Å². The van der Waals surface area contributed by atoms with Gasteiger partial charge in [0.05, 0.1) is 19.4 Å². The van der Waals surface area contributed by atoms with E-state index in [9.17, 15) is 18.0 Å². The number of aromatic nitrogens is 4. The molecule has 3 rings (SSSR count). The molecule has 0 saturated carbocycles. The van der Waals surface area contributed by atoms with E-state index in [0.717, 1.165) is 7.11 Å². The zero-order valence-corrected chi connectivity index (χ0v) is 19.7. The van der Waals surface area contributed by atoms with Crippen LogP contribution >= 0.6 is 0 Å². The molecule has 0 fully saturated rings. The van der Waals surface area contributed by atoms with E-state index in [1.54, 1.807) is 32.2 Å². The number of sulfonamides is 1. The number of nitrogens with one attached hydrogen (secondary N) is 2. The number of esters is 1. The van der Waals surface area contributed by atoms with Gasteiger partial charge in [-0.1, -0.05) is 18.2 Å². The van der Waals surface area contributed by atoms with Gasteiger partial charge in [-0.3, -0.25) is 5.32 Å². The van der Waals surface area contributed by atoms with E-state index in [1.165, 1.54) is 36.0 Å². The van der Waals surface area contributed by atoms with Crippen LogP contribution in [-0.2, 0) is 21.8 Å². The minimum atomic E-state index is -4.59. The van der Waals surface area contributed by atoms with Crippen LogP contribution in [0.2, 0.25) is 0 Å². The molecule has 3 aromatic rings. The molecule has 0 aliphatic rings. The molecule has 2 N–H and O–H groups in total. The first kappa shape index (κ1) is 24.4. The highest BCUT2D eigenvalue weighted by molar-refractivity contribution is 7.93. The third-order valence-electron chi connectivity index (χ3n) is 4.44. The lowest BCUT2D eigenvalue weighted by atomic mass is 10.3. The number of aryl methyl sites for hydroxylation is 1. The van der Waals surface area contributed by atoms with Crippen molar-refractivity contribution in [1.29, 1.82) is 0 Å². The zero-order chi connectivity index (χ0) is 24.9. The highest BCUT2D eigenvalue weighted by Gasteiger charge is 2.36. The number of nitrogens with zero attached hydrogens (tertiary/aromatic N) is 5. The van der Waals surface area contributed by atoms with E-state index in [4.69, 9.17) is 9.47 Å². The first-order chi connectivity index (χ1) is 16.2. The van der Waals surface area contributed by atoms with E-state index >= 15 is 0 Å². The van der Waals surface area contributed by atoms with Crippen molar-refractivity contribution in [3.63, 3.8) is 0 Å². The maximum atomic E-state index is 13.7. The topological polar surface area (TPSA) is 158 Å². The molecule has 1 aromatic carbocycles. The minimum absolute atomic E-state index is 0.0209. The Balaban J connectivity index is 2.09. The highest BCUT2D eigenvalue weighted by Crippen LogP contribution is 2.28. The second-order valence-corrected chi connectivity index (χ2v) is 8.37. The number of hydrogen-bond donors (Lipinski definition) is 2. The average Bonchev–Trinajstić information content (AvgIpc) is 3.21. The van der Waals surface area contributed by atoms with E-state index in [-0.39, 0.29) is 35.9 Å². The summed E-state index contributed by atoms with van der Waals surface area (Å²) in [6, 6.07) is 7.68. The molecule has 0 spiro atoms. The molecule has 0 unspecified atom stereocenters. The van der Waals surface area contributed by atoms with Crippen LogP contribution in [0.25, 0.3) is 0 Å². The number of amides is 2. The number of methoxy groups -OCH3 is 1. The Labute approximate surface area is 195 Å². The van der Waals surface area contributed by atoms with E-state index in [1.807, 2.05) is 0 Å². The molecule has 180 valence electrons. The van der Waals surface area contributed by atoms with Crippen molar-refractivity contribution in [2.45, 2.75) is 11.8 Å². The lowest BCUT2D eigenvalue weighted by molar-refractivity contribution is 0.0585. The number of benzene rings is 1. The maximum Gasteiger partial charge on any atom is 0.356 e. The van der Waals surface area contributed by atoms with Gasteiger partial charge in [-0.25, -0.2) is 18.0 Å². The first-order valence-electron chi connectivity index (χ1n) is 9.94. The van der Waals surface area contributed by atoms with Crippen molar-refractivity contribution >= 4 is 39.6 Å². The molecular weight excluding hydrogens is 466 g/mol. The molecule has 2 aromatic heterocycles. The first-order valence-corrected chi connectivity index (χ1v) is 11.4. The van der Waals surface area contributed by atoms with Crippen LogP contribution in [-0.4, -0.2) is 60.7 Å². The van der Waals surface area contributed by atoms with Crippen LogP contribution in [0.4, 0.5) is 22.4 Å². The van der Waals surface area contributed by atoms with E-state index in [0.29, 0.717) is 4.31 Å². The van der Waals surface area contributed by atoms with Crippen molar-refractivity contribution in [2.24, 2.45) is 7.05 Å². The summed E-state index contributed by atoms with van der Waals surface area (Å²) in [5.74, 6) is -1.03. The summed E-state index contributed by atoms with van der Waals surface area (Å²) < 4.78 is 39.1. The molecule has 13 nitrogen and oxygen atoms in total. The lowest BCUT2D eigenvalue weighted by Crippen LogP contribution is -2.41. The van der Waals surface area contributed by atoms with Gasteiger partial charge in [0, 0.05) is 20.3 Å². The Morgan fingerprint density at radius 2 is 1.76 bits per heavy atom. The quantitative estimate of drug-likeness (QED) is 0.447. The predicted molar refractivity (Wildman–Crippen MR) is 122 cm³/mol. The van der Waals surface area contributed by atoms with Crippen molar-refractivity contribution in [3.8, 4) is 6.01 Å². The van der Waals surface area contributed by atoms with Crippen LogP contribution in [0.5, 0.6) is 6.01 Å².